The van der Waals surface area contributed by atoms with Gasteiger partial charge in [0.25, 0.3) is 0 Å². The van der Waals surface area contributed by atoms with Gasteiger partial charge in [-0.25, -0.2) is 4.39 Å². The van der Waals surface area contributed by atoms with E-state index < -0.39 is 0 Å². The Hall–Kier alpha value is -1.06. The van der Waals surface area contributed by atoms with Crippen molar-refractivity contribution in [3.05, 3.63) is 34.7 Å². The second-order valence-electron chi connectivity index (χ2n) is 2.77. The van der Waals surface area contributed by atoms with Gasteiger partial charge >= 0.3 is 0 Å². The number of nitrogens with one attached hydrogen (secondary N) is 1. The molecule has 0 spiro atoms. The summed E-state index contributed by atoms with van der Waals surface area (Å²) < 4.78 is 12.8. The largest absolute Gasteiger partial charge is 0.392 e. The van der Waals surface area contributed by atoms with E-state index in [4.69, 9.17) is 16.7 Å². The molecule has 0 saturated carbocycles. The molecule has 2 N–H and O–H groups in total. The Balaban J connectivity index is 2.80. The molecule has 0 atom stereocenters. The first-order chi connectivity index (χ1) is 6.22. The third kappa shape index (κ3) is 1.30. The number of hydrogen-bond acceptors (Lipinski definition) is 1. The molecular weight excluding hydrogens is 193 g/mol. The van der Waals surface area contributed by atoms with Crippen molar-refractivity contribution in [2.24, 2.45) is 0 Å². The molecule has 0 aliphatic heterocycles. The molecule has 0 bridgehead atoms. The SMILES string of the molecule is OCc1c(Cl)[nH]c2ccc(F)cc12. The fourth-order valence-corrected chi connectivity index (χ4v) is 1.61. The molecule has 0 saturated heterocycles. The molecule has 4 heteroatoms. The first kappa shape index (κ1) is 8.53. The van der Waals surface area contributed by atoms with Crippen LogP contribution in [0.15, 0.2) is 18.2 Å². The maximum absolute atomic E-state index is 12.8. The van der Waals surface area contributed by atoms with Crippen LogP contribution in [0.25, 0.3) is 10.9 Å². The smallest absolute Gasteiger partial charge is 0.123 e. The standard InChI is InChI=1S/C9H7ClFNO/c10-9-7(4-13)6-3-5(11)1-2-8(6)12-9/h1-3,12-13H,4H2. The van der Waals surface area contributed by atoms with E-state index in [0.717, 1.165) is 5.52 Å². The summed E-state index contributed by atoms with van der Waals surface area (Å²) in [5.41, 5.74) is 1.27. The minimum absolute atomic E-state index is 0.192. The average molecular weight is 200 g/mol. The zero-order chi connectivity index (χ0) is 9.42. The lowest BCUT2D eigenvalue weighted by Gasteiger charge is -1.93. The molecule has 0 radical (unpaired) electrons. The van der Waals surface area contributed by atoms with Crippen LogP contribution in [0.5, 0.6) is 0 Å². The van der Waals surface area contributed by atoms with Crippen molar-refractivity contribution in [1.82, 2.24) is 4.98 Å². The van der Waals surface area contributed by atoms with E-state index in [1.165, 1.54) is 12.1 Å². The van der Waals surface area contributed by atoms with E-state index in [-0.39, 0.29) is 12.4 Å². The highest BCUT2D eigenvalue weighted by Crippen LogP contribution is 2.26. The molecular formula is C9H7ClFNO. The summed E-state index contributed by atoms with van der Waals surface area (Å²) in [6.07, 6.45) is 0. The highest BCUT2D eigenvalue weighted by Gasteiger charge is 2.08. The number of halogens is 2. The summed E-state index contributed by atoms with van der Waals surface area (Å²) in [6.45, 7) is -0.192. The zero-order valence-electron chi connectivity index (χ0n) is 6.64. The zero-order valence-corrected chi connectivity index (χ0v) is 7.40. The first-order valence-electron chi connectivity index (χ1n) is 3.79. The van der Waals surface area contributed by atoms with Crippen molar-refractivity contribution < 1.29 is 9.50 Å². The summed E-state index contributed by atoms with van der Waals surface area (Å²) in [6, 6.07) is 4.29. The summed E-state index contributed by atoms with van der Waals surface area (Å²) in [5.74, 6) is -0.335. The molecule has 0 unspecified atom stereocenters. The molecule has 1 heterocycles. The van der Waals surface area contributed by atoms with Crippen LogP contribution < -0.4 is 0 Å². The van der Waals surface area contributed by atoms with Crippen molar-refractivity contribution in [2.45, 2.75) is 6.61 Å². The van der Waals surface area contributed by atoms with E-state index in [1.807, 2.05) is 0 Å². The van der Waals surface area contributed by atoms with Gasteiger partial charge in [0.1, 0.15) is 11.0 Å². The van der Waals surface area contributed by atoms with E-state index in [0.29, 0.717) is 16.1 Å². The number of benzene rings is 1. The van der Waals surface area contributed by atoms with Crippen molar-refractivity contribution >= 4 is 22.5 Å². The summed E-state index contributed by atoms with van der Waals surface area (Å²) in [7, 11) is 0. The van der Waals surface area contributed by atoms with Crippen molar-refractivity contribution in [3.8, 4) is 0 Å². The molecule has 0 aliphatic rings. The van der Waals surface area contributed by atoms with E-state index in [9.17, 15) is 4.39 Å². The highest BCUT2D eigenvalue weighted by atomic mass is 35.5. The topological polar surface area (TPSA) is 36.0 Å². The Morgan fingerprint density at radius 2 is 2.23 bits per heavy atom. The van der Waals surface area contributed by atoms with Crippen molar-refractivity contribution in [1.29, 1.82) is 0 Å². The minimum Gasteiger partial charge on any atom is -0.392 e. The van der Waals surface area contributed by atoms with E-state index >= 15 is 0 Å². The van der Waals surface area contributed by atoms with Crippen LogP contribution in [0.2, 0.25) is 5.15 Å². The molecule has 0 aliphatic carbocycles. The lowest BCUT2D eigenvalue weighted by molar-refractivity contribution is 0.283. The second kappa shape index (κ2) is 3.01. The number of hydrogen-bond donors (Lipinski definition) is 2. The van der Waals surface area contributed by atoms with Crippen LogP contribution in [-0.2, 0) is 6.61 Å². The molecule has 1 aromatic heterocycles. The molecule has 2 rings (SSSR count). The number of fused-ring (bicyclic) bond motifs is 1. The molecule has 1 aromatic carbocycles. The van der Waals surface area contributed by atoms with Crippen LogP contribution in [0.1, 0.15) is 5.56 Å². The van der Waals surface area contributed by atoms with Crippen molar-refractivity contribution in [3.63, 3.8) is 0 Å². The molecule has 13 heavy (non-hydrogen) atoms. The third-order valence-electron chi connectivity index (χ3n) is 1.97. The first-order valence-corrected chi connectivity index (χ1v) is 4.16. The van der Waals surface area contributed by atoms with Gasteiger partial charge in [0.2, 0.25) is 0 Å². The van der Waals surface area contributed by atoms with Crippen LogP contribution in [0.4, 0.5) is 4.39 Å². The quantitative estimate of drug-likeness (QED) is 0.727. The number of aliphatic hydroxyl groups is 1. The van der Waals surface area contributed by atoms with Gasteiger partial charge in [-0.2, -0.15) is 0 Å². The molecule has 2 nitrogen and oxygen atoms in total. The van der Waals surface area contributed by atoms with Crippen molar-refractivity contribution in [2.75, 3.05) is 0 Å². The maximum atomic E-state index is 12.8. The average Bonchev–Trinajstić information content (AvgIpc) is 2.40. The lowest BCUT2D eigenvalue weighted by atomic mass is 10.2. The lowest BCUT2D eigenvalue weighted by Crippen LogP contribution is -1.81. The molecule has 0 fully saturated rings. The van der Waals surface area contributed by atoms with Crippen LogP contribution >= 0.6 is 11.6 Å². The van der Waals surface area contributed by atoms with E-state index in [2.05, 4.69) is 4.98 Å². The number of rotatable bonds is 1. The fraction of sp³-hybridized carbons (Fsp3) is 0.111. The Morgan fingerprint density at radius 3 is 2.92 bits per heavy atom. The monoisotopic (exact) mass is 199 g/mol. The molecule has 2 aromatic rings. The van der Waals surface area contributed by atoms with Gasteiger partial charge in [0, 0.05) is 16.5 Å². The summed E-state index contributed by atoms with van der Waals surface area (Å²) in [4.78, 5) is 2.84. The molecule has 0 amide bonds. The van der Waals surface area contributed by atoms with Gasteiger partial charge in [-0.15, -0.1) is 0 Å². The Kier molecular flexibility index (Phi) is 1.98. The van der Waals surface area contributed by atoms with Crippen LogP contribution in [0.3, 0.4) is 0 Å². The van der Waals surface area contributed by atoms with Gasteiger partial charge in [0.15, 0.2) is 0 Å². The fourth-order valence-electron chi connectivity index (χ4n) is 1.34. The van der Waals surface area contributed by atoms with Gasteiger partial charge < -0.3 is 10.1 Å². The predicted octanol–water partition coefficient (Wildman–Crippen LogP) is 2.45. The minimum atomic E-state index is -0.335. The summed E-state index contributed by atoms with van der Waals surface area (Å²) >= 11 is 5.78. The normalized spacial score (nSPS) is 11.0. The third-order valence-corrected chi connectivity index (χ3v) is 2.30. The number of aliphatic hydroxyl groups excluding tert-OH is 1. The number of H-pyrrole nitrogens is 1. The van der Waals surface area contributed by atoms with Gasteiger partial charge in [0.05, 0.1) is 6.61 Å². The van der Waals surface area contributed by atoms with Gasteiger partial charge in [-0.1, -0.05) is 11.6 Å². The Labute approximate surface area is 79.0 Å². The van der Waals surface area contributed by atoms with Crippen LogP contribution in [-0.4, -0.2) is 10.1 Å². The maximum Gasteiger partial charge on any atom is 0.123 e. The van der Waals surface area contributed by atoms with Gasteiger partial charge in [-0.05, 0) is 18.2 Å². The predicted molar refractivity (Wildman–Crippen MR) is 49.2 cm³/mol. The Morgan fingerprint density at radius 1 is 1.46 bits per heavy atom. The number of aromatic nitrogens is 1. The summed E-state index contributed by atoms with van der Waals surface area (Å²) in [5, 5.41) is 9.97. The molecule has 68 valence electrons. The highest BCUT2D eigenvalue weighted by molar-refractivity contribution is 6.31. The van der Waals surface area contributed by atoms with Crippen LogP contribution in [0, 0.1) is 5.82 Å². The Bertz CT molecular complexity index is 452. The van der Waals surface area contributed by atoms with E-state index in [1.54, 1.807) is 6.07 Å². The second-order valence-corrected chi connectivity index (χ2v) is 3.14. The van der Waals surface area contributed by atoms with Gasteiger partial charge in [-0.3, -0.25) is 0 Å². The number of aromatic amines is 1.